The third kappa shape index (κ3) is 5.88. The SMILES string of the molecule is CCOc1ccc(CCc2ccc(-c3ccc(C[C@H](C)c4ccccc4)cc3)cc2)cc1. The molecule has 4 aromatic carbocycles. The van der Waals surface area contributed by atoms with E-state index in [2.05, 4.69) is 110 Å². The Balaban J connectivity index is 1.33. The summed E-state index contributed by atoms with van der Waals surface area (Å²) in [5, 5.41) is 0. The lowest BCUT2D eigenvalue weighted by molar-refractivity contribution is 0.340. The zero-order chi connectivity index (χ0) is 22.2. The van der Waals surface area contributed by atoms with Crippen LogP contribution >= 0.6 is 0 Å². The minimum Gasteiger partial charge on any atom is -0.494 e. The first-order valence-corrected chi connectivity index (χ1v) is 11.7. The molecule has 1 heteroatoms. The van der Waals surface area contributed by atoms with E-state index in [1.807, 2.05) is 6.92 Å². The van der Waals surface area contributed by atoms with Crippen LogP contribution in [0.15, 0.2) is 103 Å². The van der Waals surface area contributed by atoms with E-state index in [4.69, 9.17) is 4.74 Å². The van der Waals surface area contributed by atoms with Gasteiger partial charge in [0.2, 0.25) is 0 Å². The standard InChI is InChI=1S/C31H32O/c1-3-32-31-21-15-26(16-22-31)10-9-25-11-17-29(18-12-25)30-19-13-27(14-20-30)23-24(2)28-7-5-4-6-8-28/h4-8,11-22,24H,3,9-10,23H2,1-2H3/t24-/m0/s1. The molecule has 4 aromatic rings. The number of hydrogen-bond donors (Lipinski definition) is 0. The van der Waals surface area contributed by atoms with Gasteiger partial charge in [-0.1, -0.05) is 97.9 Å². The van der Waals surface area contributed by atoms with Gasteiger partial charge in [-0.25, -0.2) is 0 Å². The number of hydrogen-bond acceptors (Lipinski definition) is 1. The van der Waals surface area contributed by atoms with Gasteiger partial charge in [0.05, 0.1) is 6.61 Å². The quantitative estimate of drug-likeness (QED) is 0.267. The van der Waals surface area contributed by atoms with Gasteiger partial charge >= 0.3 is 0 Å². The molecule has 32 heavy (non-hydrogen) atoms. The number of ether oxygens (including phenoxy) is 1. The predicted molar refractivity (Wildman–Crippen MR) is 135 cm³/mol. The van der Waals surface area contributed by atoms with Crippen molar-refractivity contribution >= 4 is 0 Å². The predicted octanol–water partition coefficient (Wildman–Crippen LogP) is 7.88. The molecule has 0 heterocycles. The van der Waals surface area contributed by atoms with Crippen LogP contribution in [0.25, 0.3) is 11.1 Å². The third-order valence-corrected chi connectivity index (χ3v) is 6.09. The van der Waals surface area contributed by atoms with Gasteiger partial charge in [0.15, 0.2) is 0 Å². The van der Waals surface area contributed by atoms with Gasteiger partial charge in [0.25, 0.3) is 0 Å². The second-order valence-corrected chi connectivity index (χ2v) is 8.49. The number of benzene rings is 4. The molecule has 0 aromatic heterocycles. The van der Waals surface area contributed by atoms with E-state index in [1.54, 1.807) is 0 Å². The molecule has 0 bridgehead atoms. The summed E-state index contributed by atoms with van der Waals surface area (Å²) in [6, 6.07) is 37.3. The van der Waals surface area contributed by atoms with E-state index in [1.165, 1.54) is 33.4 Å². The Morgan fingerprint density at radius 3 is 1.62 bits per heavy atom. The molecule has 0 spiro atoms. The van der Waals surface area contributed by atoms with Crippen molar-refractivity contribution in [2.45, 2.75) is 39.0 Å². The maximum Gasteiger partial charge on any atom is 0.119 e. The first-order chi connectivity index (χ1) is 15.7. The fourth-order valence-electron chi connectivity index (χ4n) is 4.16. The molecule has 0 saturated carbocycles. The van der Waals surface area contributed by atoms with Crippen molar-refractivity contribution in [2.75, 3.05) is 6.61 Å². The fourth-order valence-corrected chi connectivity index (χ4v) is 4.16. The van der Waals surface area contributed by atoms with Crippen molar-refractivity contribution in [3.05, 3.63) is 125 Å². The summed E-state index contributed by atoms with van der Waals surface area (Å²) < 4.78 is 5.53. The minimum absolute atomic E-state index is 0.525. The van der Waals surface area contributed by atoms with E-state index in [0.29, 0.717) is 12.5 Å². The van der Waals surface area contributed by atoms with Gasteiger partial charge < -0.3 is 4.74 Å². The van der Waals surface area contributed by atoms with Crippen molar-refractivity contribution in [1.82, 2.24) is 0 Å². The van der Waals surface area contributed by atoms with E-state index < -0.39 is 0 Å². The van der Waals surface area contributed by atoms with Crippen molar-refractivity contribution in [3.63, 3.8) is 0 Å². The molecule has 1 atom stereocenters. The highest BCUT2D eigenvalue weighted by atomic mass is 16.5. The second-order valence-electron chi connectivity index (χ2n) is 8.49. The molecular formula is C31H32O. The lowest BCUT2D eigenvalue weighted by Gasteiger charge is -2.12. The van der Waals surface area contributed by atoms with Crippen LogP contribution in [0.2, 0.25) is 0 Å². The average Bonchev–Trinajstić information content (AvgIpc) is 2.85. The molecule has 0 amide bonds. The van der Waals surface area contributed by atoms with Crippen LogP contribution < -0.4 is 4.74 Å². The first kappa shape index (κ1) is 21.9. The van der Waals surface area contributed by atoms with Crippen LogP contribution in [0.5, 0.6) is 5.75 Å². The molecule has 0 fully saturated rings. The van der Waals surface area contributed by atoms with E-state index in [0.717, 1.165) is 25.0 Å². The second kappa shape index (κ2) is 10.8. The summed E-state index contributed by atoms with van der Waals surface area (Å²) in [4.78, 5) is 0. The largest absolute Gasteiger partial charge is 0.494 e. The van der Waals surface area contributed by atoms with E-state index in [-0.39, 0.29) is 0 Å². The smallest absolute Gasteiger partial charge is 0.119 e. The fraction of sp³-hybridized carbons (Fsp3) is 0.226. The van der Waals surface area contributed by atoms with Gasteiger partial charge in [-0.15, -0.1) is 0 Å². The zero-order valence-corrected chi connectivity index (χ0v) is 19.1. The summed E-state index contributed by atoms with van der Waals surface area (Å²) in [6.45, 7) is 5.02. The Labute approximate surface area is 192 Å². The number of aryl methyl sites for hydroxylation is 2. The zero-order valence-electron chi connectivity index (χ0n) is 19.1. The van der Waals surface area contributed by atoms with Crippen LogP contribution in [-0.4, -0.2) is 6.61 Å². The average molecular weight is 421 g/mol. The molecule has 4 rings (SSSR count). The highest BCUT2D eigenvalue weighted by molar-refractivity contribution is 5.64. The van der Waals surface area contributed by atoms with Crippen LogP contribution in [-0.2, 0) is 19.3 Å². The summed E-state index contributed by atoms with van der Waals surface area (Å²) >= 11 is 0. The summed E-state index contributed by atoms with van der Waals surface area (Å²) in [7, 11) is 0. The molecule has 0 radical (unpaired) electrons. The van der Waals surface area contributed by atoms with Gasteiger partial charge in [0.1, 0.15) is 5.75 Å². The monoisotopic (exact) mass is 420 g/mol. The maximum atomic E-state index is 5.53. The summed E-state index contributed by atoms with van der Waals surface area (Å²) in [5.74, 6) is 1.47. The highest BCUT2D eigenvalue weighted by Crippen LogP contribution is 2.24. The number of rotatable bonds is 9. The topological polar surface area (TPSA) is 9.23 Å². The maximum absolute atomic E-state index is 5.53. The molecule has 162 valence electrons. The molecule has 0 unspecified atom stereocenters. The van der Waals surface area contributed by atoms with Crippen molar-refractivity contribution in [3.8, 4) is 16.9 Å². The Kier molecular flexibility index (Phi) is 7.40. The lowest BCUT2D eigenvalue weighted by Crippen LogP contribution is -1.98. The highest BCUT2D eigenvalue weighted by Gasteiger charge is 2.07. The molecular weight excluding hydrogens is 388 g/mol. The molecule has 0 saturated heterocycles. The molecule has 1 nitrogen and oxygen atoms in total. The minimum atomic E-state index is 0.525. The normalized spacial score (nSPS) is 11.8. The van der Waals surface area contributed by atoms with Gasteiger partial charge in [-0.05, 0) is 77.6 Å². The molecule has 0 N–H and O–H groups in total. The van der Waals surface area contributed by atoms with Gasteiger partial charge in [-0.2, -0.15) is 0 Å². The van der Waals surface area contributed by atoms with Crippen molar-refractivity contribution in [2.24, 2.45) is 0 Å². The van der Waals surface area contributed by atoms with Crippen LogP contribution in [0, 0.1) is 0 Å². The molecule has 0 aliphatic carbocycles. The Morgan fingerprint density at radius 1 is 0.594 bits per heavy atom. The first-order valence-electron chi connectivity index (χ1n) is 11.7. The summed E-state index contributed by atoms with van der Waals surface area (Å²) in [6.07, 6.45) is 3.15. The summed E-state index contributed by atoms with van der Waals surface area (Å²) in [5.41, 5.74) is 8.06. The lowest BCUT2D eigenvalue weighted by atomic mass is 9.93. The molecule has 0 aliphatic rings. The van der Waals surface area contributed by atoms with Crippen LogP contribution in [0.1, 0.15) is 42.0 Å². The Bertz CT molecular complexity index is 1080. The van der Waals surface area contributed by atoms with Crippen LogP contribution in [0.4, 0.5) is 0 Å². The van der Waals surface area contributed by atoms with E-state index in [9.17, 15) is 0 Å². The van der Waals surface area contributed by atoms with Crippen molar-refractivity contribution < 1.29 is 4.74 Å². The van der Waals surface area contributed by atoms with Crippen LogP contribution in [0.3, 0.4) is 0 Å². The third-order valence-electron chi connectivity index (χ3n) is 6.09. The Morgan fingerprint density at radius 2 is 1.09 bits per heavy atom. The van der Waals surface area contributed by atoms with Crippen molar-refractivity contribution in [1.29, 1.82) is 0 Å². The molecule has 0 aliphatic heterocycles. The van der Waals surface area contributed by atoms with Gasteiger partial charge in [-0.3, -0.25) is 0 Å². The van der Waals surface area contributed by atoms with Gasteiger partial charge in [0, 0.05) is 0 Å². The van der Waals surface area contributed by atoms with E-state index >= 15 is 0 Å². The Hall–Kier alpha value is -3.32.